The summed E-state index contributed by atoms with van der Waals surface area (Å²) >= 11 is 5.91. The molecule has 0 N–H and O–H groups in total. The van der Waals surface area contributed by atoms with Gasteiger partial charge in [0.05, 0.1) is 12.6 Å². The van der Waals surface area contributed by atoms with Gasteiger partial charge in [0.2, 0.25) is 0 Å². The van der Waals surface area contributed by atoms with Crippen molar-refractivity contribution in [2.45, 2.75) is 32.2 Å². The molecule has 0 bridgehead atoms. The van der Waals surface area contributed by atoms with Gasteiger partial charge in [-0.2, -0.15) is 0 Å². The van der Waals surface area contributed by atoms with E-state index in [1.54, 1.807) is 0 Å². The van der Waals surface area contributed by atoms with Crippen LogP contribution in [0.2, 0.25) is 5.15 Å². The maximum Gasteiger partial charge on any atom is 0.134 e. The van der Waals surface area contributed by atoms with Crippen LogP contribution in [-0.4, -0.2) is 35.8 Å². The van der Waals surface area contributed by atoms with Gasteiger partial charge >= 0.3 is 0 Å². The summed E-state index contributed by atoms with van der Waals surface area (Å²) in [5.41, 5.74) is 0. The zero-order valence-electron chi connectivity index (χ0n) is 10.1. The fourth-order valence-corrected chi connectivity index (χ4v) is 2.35. The molecule has 1 aromatic heterocycles. The summed E-state index contributed by atoms with van der Waals surface area (Å²) in [5.74, 6) is 0.911. The van der Waals surface area contributed by atoms with E-state index in [-0.39, 0.29) is 0 Å². The normalized spacial score (nSPS) is 20.6. The summed E-state index contributed by atoms with van der Waals surface area (Å²) in [5, 5.41) is 0.496. The average molecular weight is 256 g/mol. The van der Waals surface area contributed by atoms with Crippen molar-refractivity contribution in [3.05, 3.63) is 17.5 Å². The second-order valence-electron chi connectivity index (χ2n) is 4.20. The third-order valence-corrected chi connectivity index (χ3v) is 3.26. The highest BCUT2D eigenvalue weighted by Crippen LogP contribution is 2.24. The molecule has 94 valence electrons. The summed E-state index contributed by atoms with van der Waals surface area (Å²) < 4.78 is 5.54. The highest BCUT2D eigenvalue weighted by Gasteiger charge is 2.23. The van der Waals surface area contributed by atoms with Crippen molar-refractivity contribution in [2.75, 3.05) is 24.7 Å². The van der Waals surface area contributed by atoms with Gasteiger partial charge in [0.15, 0.2) is 0 Å². The van der Waals surface area contributed by atoms with Crippen LogP contribution in [0.25, 0.3) is 0 Å². The van der Waals surface area contributed by atoms with E-state index in [2.05, 4.69) is 14.9 Å². The summed E-state index contributed by atoms with van der Waals surface area (Å²) in [6.07, 6.45) is 5.13. The first-order valence-electron chi connectivity index (χ1n) is 6.13. The Morgan fingerprint density at radius 2 is 2.35 bits per heavy atom. The number of rotatable bonds is 4. The van der Waals surface area contributed by atoms with Gasteiger partial charge in [0.1, 0.15) is 17.3 Å². The zero-order valence-corrected chi connectivity index (χ0v) is 10.9. The molecule has 1 fully saturated rings. The fraction of sp³-hybridized carbons (Fsp3) is 0.667. The van der Waals surface area contributed by atoms with Crippen LogP contribution in [0, 0.1) is 0 Å². The number of piperidine rings is 1. The summed E-state index contributed by atoms with van der Waals surface area (Å²) in [6.45, 7) is 4.56. The minimum Gasteiger partial charge on any atom is -0.380 e. The summed E-state index contributed by atoms with van der Waals surface area (Å²) in [6, 6.07) is 2.24. The lowest BCUT2D eigenvalue weighted by atomic mass is 10.0. The molecule has 1 aliphatic heterocycles. The Labute approximate surface area is 107 Å². The van der Waals surface area contributed by atoms with E-state index in [9.17, 15) is 0 Å². The number of nitrogens with zero attached hydrogens (tertiary/aromatic N) is 3. The first-order valence-corrected chi connectivity index (χ1v) is 6.51. The lowest BCUT2D eigenvalue weighted by Gasteiger charge is -2.36. The minimum atomic E-state index is 0.412. The van der Waals surface area contributed by atoms with Crippen LogP contribution in [0.3, 0.4) is 0 Å². The summed E-state index contributed by atoms with van der Waals surface area (Å²) in [7, 11) is 0. The van der Waals surface area contributed by atoms with E-state index in [0.717, 1.165) is 32.0 Å². The third-order valence-electron chi connectivity index (χ3n) is 3.06. The SMILES string of the molecule is CCOC[C@H]1CCCCN1c1cc(Cl)ncn1. The first-order chi connectivity index (χ1) is 8.31. The van der Waals surface area contributed by atoms with Crippen molar-refractivity contribution in [3.63, 3.8) is 0 Å². The molecule has 2 heterocycles. The highest BCUT2D eigenvalue weighted by molar-refractivity contribution is 6.29. The van der Waals surface area contributed by atoms with Gasteiger partial charge in [0.25, 0.3) is 0 Å². The Balaban J connectivity index is 2.10. The molecule has 0 aromatic carbocycles. The largest absolute Gasteiger partial charge is 0.380 e. The quantitative estimate of drug-likeness (QED) is 0.775. The van der Waals surface area contributed by atoms with E-state index >= 15 is 0 Å². The van der Waals surface area contributed by atoms with Crippen LogP contribution in [-0.2, 0) is 4.74 Å². The Kier molecular flexibility index (Phi) is 4.57. The van der Waals surface area contributed by atoms with E-state index in [4.69, 9.17) is 16.3 Å². The number of anilines is 1. The van der Waals surface area contributed by atoms with E-state index < -0.39 is 0 Å². The highest BCUT2D eigenvalue weighted by atomic mass is 35.5. The van der Waals surface area contributed by atoms with Gasteiger partial charge < -0.3 is 9.64 Å². The summed E-state index contributed by atoms with van der Waals surface area (Å²) in [4.78, 5) is 10.5. The molecule has 4 nitrogen and oxygen atoms in total. The van der Waals surface area contributed by atoms with Crippen LogP contribution in [0.4, 0.5) is 5.82 Å². The Bertz CT molecular complexity index is 361. The zero-order chi connectivity index (χ0) is 12.1. The molecule has 0 spiro atoms. The average Bonchev–Trinajstić information content (AvgIpc) is 2.37. The second kappa shape index (κ2) is 6.17. The standard InChI is InChI=1S/C12H18ClN3O/c1-2-17-8-10-5-3-4-6-16(10)12-7-11(13)14-9-15-12/h7,9-10H,2-6,8H2,1H3/t10-/m1/s1. The predicted molar refractivity (Wildman–Crippen MR) is 68.5 cm³/mol. The van der Waals surface area contributed by atoms with Crippen molar-refractivity contribution >= 4 is 17.4 Å². The fourth-order valence-electron chi connectivity index (χ4n) is 2.21. The van der Waals surface area contributed by atoms with Crippen LogP contribution < -0.4 is 4.90 Å². The number of hydrogen-bond donors (Lipinski definition) is 0. The second-order valence-corrected chi connectivity index (χ2v) is 4.59. The van der Waals surface area contributed by atoms with Gasteiger partial charge in [-0.1, -0.05) is 11.6 Å². The van der Waals surface area contributed by atoms with Crippen LogP contribution in [0.1, 0.15) is 26.2 Å². The molecular weight excluding hydrogens is 238 g/mol. The number of hydrogen-bond acceptors (Lipinski definition) is 4. The molecule has 0 radical (unpaired) electrons. The lowest BCUT2D eigenvalue weighted by molar-refractivity contribution is 0.123. The molecule has 0 saturated carbocycles. The van der Waals surface area contributed by atoms with Crippen molar-refractivity contribution < 1.29 is 4.74 Å². The van der Waals surface area contributed by atoms with Gasteiger partial charge in [-0.15, -0.1) is 0 Å². The molecule has 17 heavy (non-hydrogen) atoms. The van der Waals surface area contributed by atoms with Gasteiger partial charge in [-0.25, -0.2) is 9.97 Å². The maximum atomic E-state index is 5.91. The van der Waals surface area contributed by atoms with Crippen LogP contribution >= 0.6 is 11.6 Å². The molecule has 1 aliphatic rings. The molecule has 2 rings (SSSR count). The van der Waals surface area contributed by atoms with Crippen LogP contribution in [0.15, 0.2) is 12.4 Å². The number of ether oxygens (including phenoxy) is 1. The Morgan fingerprint density at radius 3 is 3.12 bits per heavy atom. The van der Waals surface area contributed by atoms with Crippen LogP contribution in [0.5, 0.6) is 0 Å². The topological polar surface area (TPSA) is 38.2 Å². The van der Waals surface area contributed by atoms with Gasteiger partial charge in [0, 0.05) is 19.2 Å². The lowest BCUT2D eigenvalue weighted by Crippen LogP contribution is -2.43. The predicted octanol–water partition coefficient (Wildman–Crippen LogP) is 2.53. The molecule has 5 heteroatoms. The smallest absolute Gasteiger partial charge is 0.134 e. The maximum absolute atomic E-state index is 5.91. The molecular formula is C12H18ClN3O. The minimum absolute atomic E-state index is 0.412. The monoisotopic (exact) mass is 255 g/mol. The molecule has 1 atom stereocenters. The Morgan fingerprint density at radius 1 is 1.47 bits per heavy atom. The third kappa shape index (κ3) is 3.30. The molecule has 0 amide bonds. The first kappa shape index (κ1) is 12.6. The molecule has 1 aromatic rings. The van der Waals surface area contributed by atoms with Crippen molar-refractivity contribution in [2.24, 2.45) is 0 Å². The van der Waals surface area contributed by atoms with E-state index in [0.29, 0.717) is 11.2 Å². The van der Waals surface area contributed by atoms with Crippen molar-refractivity contribution in [1.29, 1.82) is 0 Å². The van der Waals surface area contributed by atoms with E-state index in [1.165, 1.54) is 19.2 Å². The van der Waals surface area contributed by atoms with Gasteiger partial charge in [-0.05, 0) is 26.2 Å². The molecule has 1 saturated heterocycles. The molecule has 0 aliphatic carbocycles. The van der Waals surface area contributed by atoms with Gasteiger partial charge in [-0.3, -0.25) is 0 Å². The number of aromatic nitrogens is 2. The van der Waals surface area contributed by atoms with E-state index in [1.807, 2.05) is 13.0 Å². The van der Waals surface area contributed by atoms with Crippen molar-refractivity contribution in [1.82, 2.24) is 9.97 Å². The Hall–Kier alpha value is -0.870. The number of halogens is 1. The van der Waals surface area contributed by atoms with Crippen molar-refractivity contribution in [3.8, 4) is 0 Å². The molecule has 0 unspecified atom stereocenters.